The van der Waals surface area contributed by atoms with E-state index in [0.717, 1.165) is 28.8 Å². The second kappa shape index (κ2) is 12.3. The van der Waals surface area contributed by atoms with Gasteiger partial charge in [0.25, 0.3) is 0 Å². The maximum atomic E-state index is 12.6. The van der Waals surface area contributed by atoms with Gasteiger partial charge in [0.2, 0.25) is 5.91 Å². The second-order valence-corrected chi connectivity index (χ2v) is 7.92. The number of carbonyl (C=O) groups excluding carboxylic acids is 2. The lowest BCUT2D eigenvalue weighted by molar-refractivity contribution is -0.140. The highest BCUT2D eigenvalue weighted by atomic mass is 16.5. The molecule has 0 N–H and O–H groups in total. The number of aromatic nitrogens is 1. The Morgan fingerprint density at radius 1 is 0.939 bits per heavy atom. The summed E-state index contributed by atoms with van der Waals surface area (Å²) in [5.41, 5.74) is 4.97. The molecule has 1 aromatic heterocycles. The fourth-order valence-corrected chi connectivity index (χ4v) is 3.47. The zero-order valence-electron chi connectivity index (χ0n) is 19.2. The first-order valence-corrected chi connectivity index (χ1v) is 11.1. The second-order valence-electron chi connectivity index (χ2n) is 7.92. The van der Waals surface area contributed by atoms with Gasteiger partial charge in [-0.15, -0.1) is 0 Å². The summed E-state index contributed by atoms with van der Waals surface area (Å²) >= 11 is 0. The van der Waals surface area contributed by atoms with Crippen molar-refractivity contribution in [1.29, 1.82) is 0 Å². The molecule has 3 rings (SSSR count). The molecule has 0 fully saturated rings. The smallest absolute Gasteiger partial charge is 0.305 e. The van der Waals surface area contributed by atoms with E-state index in [9.17, 15) is 9.59 Å². The summed E-state index contributed by atoms with van der Waals surface area (Å²) in [6, 6.07) is 24.0. The Hall–Kier alpha value is -3.73. The number of hydrogen-bond donors (Lipinski definition) is 0. The highest BCUT2D eigenvalue weighted by Crippen LogP contribution is 2.23. The van der Waals surface area contributed by atoms with Crippen molar-refractivity contribution in [3.63, 3.8) is 0 Å². The van der Waals surface area contributed by atoms with Gasteiger partial charge in [0, 0.05) is 31.9 Å². The Bertz CT molecular complexity index is 1060. The minimum atomic E-state index is -0.236. The number of allylic oxidation sites excluding steroid dienone is 1. The van der Waals surface area contributed by atoms with Crippen LogP contribution >= 0.6 is 0 Å². The third-order valence-electron chi connectivity index (χ3n) is 5.50. The van der Waals surface area contributed by atoms with E-state index >= 15 is 0 Å². The van der Waals surface area contributed by atoms with E-state index in [2.05, 4.69) is 17.1 Å². The van der Waals surface area contributed by atoms with E-state index in [4.69, 9.17) is 4.74 Å². The molecule has 0 aliphatic carbocycles. The topological polar surface area (TPSA) is 59.5 Å². The molecule has 0 spiro atoms. The van der Waals surface area contributed by atoms with Gasteiger partial charge in [-0.1, -0.05) is 66.7 Å². The molecular weight excluding hydrogens is 412 g/mol. The van der Waals surface area contributed by atoms with Gasteiger partial charge in [-0.2, -0.15) is 0 Å². The number of methoxy groups -OCH3 is 1. The van der Waals surface area contributed by atoms with Crippen molar-refractivity contribution >= 4 is 23.5 Å². The average Bonchev–Trinajstić information content (AvgIpc) is 2.86. The van der Waals surface area contributed by atoms with Crippen LogP contribution in [0.25, 0.3) is 11.6 Å². The van der Waals surface area contributed by atoms with Crippen LogP contribution < -0.4 is 0 Å². The standard InChI is InChI=1S/C28H30N2O3/c1-30(18-17-22-9-5-3-6-10-22)27(31)20-26-15-13-23(21-29-26)19-25(14-16-28(32)33-2)24-11-7-4-8-12-24/h3-13,15,19,21H,14,16-18,20H2,1-2H3. The van der Waals surface area contributed by atoms with Crippen LogP contribution in [-0.2, 0) is 27.2 Å². The first-order chi connectivity index (χ1) is 16.0. The molecule has 3 aromatic rings. The van der Waals surface area contributed by atoms with Crippen LogP contribution in [0.3, 0.4) is 0 Å². The SMILES string of the molecule is COC(=O)CCC(=Cc1ccc(CC(=O)N(C)CCc2ccccc2)nc1)c1ccccc1. The van der Waals surface area contributed by atoms with Crippen molar-refractivity contribution in [2.75, 3.05) is 20.7 Å². The van der Waals surface area contributed by atoms with Crippen LogP contribution in [0.1, 0.15) is 35.2 Å². The Kier molecular flexibility index (Phi) is 8.95. The summed E-state index contributed by atoms with van der Waals surface area (Å²) < 4.78 is 4.79. The Balaban J connectivity index is 1.62. The van der Waals surface area contributed by atoms with Crippen molar-refractivity contribution in [1.82, 2.24) is 9.88 Å². The molecule has 5 heteroatoms. The Morgan fingerprint density at radius 3 is 2.27 bits per heavy atom. The predicted octanol–water partition coefficient (Wildman–Crippen LogP) is 4.82. The molecule has 2 aromatic carbocycles. The monoisotopic (exact) mass is 442 g/mol. The summed E-state index contributed by atoms with van der Waals surface area (Å²) in [6.07, 6.45) is 5.78. The van der Waals surface area contributed by atoms with Crippen molar-refractivity contribution < 1.29 is 14.3 Å². The van der Waals surface area contributed by atoms with Crippen LogP contribution in [0.4, 0.5) is 0 Å². The van der Waals surface area contributed by atoms with Crippen LogP contribution in [0.5, 0.6) is 0 Å². The zero-order valence-corrected chi connectivity index (χ0v) is 19.2. The van der Waals surface area contributed by atoms with E-state index in [-0.39, 0.29) is 18.3 Å². The maximum absolute atomic E-state index is 12.6. The molecule has 0 atom stereocenters. The number of carbonyl (C=O) groups is 2. The highest BCUT2D eigenvalue weighted by molar-refractivity contribution is 5.83. The Morgan fingerprint density at radius 2 is 1.64 bits per heavy atom. The Labute approximate surface area is 195 Å². The third kappa shape index (κ3) is 7.72. The van der Waals surface area contributed by atoms with Crippen LogP contribution in [0, 0.1) is 0 Å². The zero-order chi connectivity index (χ0) is 23.5. The van der Waals surface area contributed by atoms with E-state index in [0.29, 0.717) is 19.4 Å². The van der Waals surface area contributed by atoms with Crippen LogP contribution in [-0.4, -0.2) is 42.5 Å². The van der Waals surface area contributed by atoms with Gasteiger partial charge >= 0.3 is 5.97 Å². The molecule has 0 saturated carbocycles. The molecule has 0 aliphatic rings. The van der Waals surface area contributed by atoms with Crippen molar-refractivity contribution in [3.05, 3.63) is 101 Å². The van der Waals surface area contributed by atoms with E-state index in [1.807, 2.05) is 73.8 Å². The molecule has 0 unspecified atom stereocenters. The molecule has 0 saturated heterocycles. The lowest BCUT2D eigenvalue weighted by Gasteiger charge is -2.17. The first kappa shape index (κ1) is 23.9. The van der Waals surface area contributed by atoms with E-state index in [1.54, 1.807) is 11.1 Å². The van der Waals surface area contributed by atoms with E-state index in [1.165, 1.54) is 12.7 Å². The lowest BCUT2D eigenvalue weighted by atomic mass is 9.99. The van der Waals surface area contributed by atoms with Gasteiger partial charge in [0.1, 0.15) is 0 Å². The molecule has 0 radical (unpaired) electrons. The van der Waals surface area contributed by atoms with Gasteiger partial charge < -0.3 is 9.64 Å². The van der Waals surface area contributed by atoms with Crippen LogP contribution in [0.15, 0.2) is 79.0 Å². The van der Waals surface area contributed by atoms with Gasteiger partial charge in [0.15, 0.2) is 0 Å². The number of pyridine rings is 1. The summed E-state index contributed by atoms with van der Waals surface area (Å²) in [5, 5.41) is 0. The maximum Gasteiger partial charge on any atom is 0.305 e. The number of esters is 1. The third-order valence-corrected chi connectivity index (χ3v) is 5.50. The average molecular weight is 443 g/mol. The summed E-state index contributed by atoms with van der Waals surface area (Å²) in [6.45, 7) is 0.671. The molecule has 0 bridgehead atoms. The van der Waals surface area contributed by atoms with Crippen molar-refractivity contribution in [2.45, 2.75) is 25.7 Å². The number of amides is 1. The van der Waals surface area contributed by atoms with Gasteiger partial charge in [0.05, 0.1) is 13.5 Å². The number of benzene rings is 2. The first-order valence-electron chi connectivity index (χ1n) is 11.1. The number of ether oxygens (including phenoxy) is 1. The summed E-state index contributed by atoms with van der Waals surface area (Å²) in [7, 11) is 3.23. The summed E-state index contributed by atoms with van der Waals surface area (Å²) in [4.78, 5) is 30.5. The molecule has 1 amide bonds. The molecule has 170 valence electrons. The largest absolute Gasteiger partial charge is 0.469 e. The van der Waals surface area contributed by atoms with Crippen LogP contribution in [0.2, 0.25) is 0 Å². The van der Waals surface area contributed by atoms with Crippen molar-refractivity contribution in [2.24, 2.45) is 0 Å². The predicted molar refractivity (Wildman–Crippen MR) is 131 cm³/mol. The van der Waals surface area contributed by atoms with E-state index < -0.39 is 0 Å². The van der Waals surface area contributed by atoms with Crippen molar-refractivity contribution in [3.8, 4) is 0 Å². The lowest BCUT2D eigenvalue weighted by Crippen LogP contribution is -2.30. The van der Waals surface area contributed by atoms with Gasteiger partial charge in [-0.05, 0) is 47.2 Å². The fourth-order valence-electron chi connectivity index (χ4n) is 3.47. The molecular formula is C28H30N2O3. The molecule has 33 heavy (non-hydrogen) atoms. The number of likely N-dealkylation sites (N-methyl/N-ethyl adjacent to an activating group) is 1. The minimum absolute atomic E-state index is 0.0461. The number of nitrogens with zero attached hydrogens (tertiary/aromatic N) is 2. The molecule has 0 aliphatic heterocycles. The molecule has 1 heterocycles. The number of hydrogen-bond acceptors (Lipinski definition) is 4. The fraction of sp³-hybridized carbons (Fsp3) is 0.250. The highest BCUT2D eigenvalue weighted by Gasteiger charge is 2.11. The van der Waals surface area contributed by atoms with Gasteiger partial charge in [-0.25, -0.2) is 0 Å². The normalized spacial score (nSPS) is 11.2. The minimum Gasteiger partial charge on any atom is -0.469 e. The van der Waals surface area contributed by atoms with Gasteiger partial charge in [-0.3, -0.25) is 14.6 Å². The quantitative estimate of drug-likeness (QED) is 0.423. The number of rotatable bonds is 10. The summed E-state index contributed by atoms with van der Waals surface area (Å²) in [5.74, 6) is -0.190. The molecule has 5 nitrogen and oxygen atoms in total.